The summed E-state index contributed by atoms with van der Waals surface area (Å²) in [6, 6.07) is 8.13. The zero-order valence-corrected chi connectivity index (χ0v) is 7.71. The molecule has 0 aliphatic heterocycles. The Morgan fingerprint density at radius 3 is 2.54 bits per heavy atom. The standard InChI is InChI=1S/C12H12O/c1-3-12(13)9-8-11-6-4-10(2)5-7-11/h1,4-7H,8-9H2,2H3. The van der Waals surface area contributed by atoms with Crippen molar-refractivity contribution in [3.63, 3.8) is 0 Å². The number of aryl methyl sites for hydroxylation is 2. The summed E-state index contributed by atoms with van der Waals surface area (Å²) in [5, 5.41) is 0. The van der Waals surface area contributed by atoms with Crippen molar-refractivity contribution in [1.29, 1.82) is 0 Å². The summed E-state index contributed by atoms with van der Waals surface area (Å²) in [7, 11) is 0. The van der Waals surface area contributed by atoms with E-state index >= 15 is 0 Å². The number of ketones is 1. The monoisotopic (exact) mass is 172 g/mol. The van der Waals surface area contributed by atoms with Crippen molar-refractivity contribution in [3.05, 3.63) is 35.4 Å². The molecule has 1 rings (SSSR count). The fourth-order valence-electron chi connectivity index (χ4n) is 1.08. The summed E-state index contributed by atoms with van der Waals surface area (Å²) < 4.78 is 0. The number of carbonyl (C=O) groups excluding carboxylic acids is 1. The van der Waals surface area contributed by atoms with Gasteiger partial charge in [0.1, 0.15) is 0 Å². The van der Waals surface area contributed by atoms with Crippen molar-refractivity contribution in [1.82, 2.24) is 0 Å². The molecule has 0 bridgehead atoms. The Labute approximate surface area is 78.8 Å². The van der Waals surface area contributed by atoms with Crippen molar-refractivity contribution in [2.75, 3.05) is 0 Å². The second kappa shape index (κ2) is 4.47. The highest BCUT2D eigenvalue weighted by atomic mass is 16.1. The molecule has 0 spiro atoms. The number of hydrogen-bond acceptors (Lipinski definition) is 1. The van der Waals surface area contributed by atoms with Gasteiger partial charge in [-0.2, -0.15) is 0 Å². The van der Waals surface area contributed by atoms with Gasteiger partial charge < -0.3 is 0 Å². The average molecular weight is 172 g/mol. The number of rotatable bonds is 3. The fraction of sp³-hybridized carbons (Fsp3) is 0.250. The molecular weight excluding hydrogens is 160 g/mol. The topological polar surface area (TPSA) is 17.1 Å². The molecule has 13 heavy (non-hydrogen) atoms. The first-order chi connectivity index (χ1) is 6.22. The van der Waals surface area contributed by atoms with Gasteiger partial charge in [0, 0.05) is 6.42 Å². The van der Waals surface area contributed by atoms with E-state index in [0.717, 1.165) is 12.0 Å². The summed E-state index contributed by atoms with van der Waals surface area (Å²) in [6.45, 7) is 2.04. The third-order valence-electron chi connectivity index (χ3n) is 1.92. The molecule has 0 fully saturated rings. The van der Waals surface area contributed by atoms with Crippen LogP contribution in [0.5, 0.6) is 0 Å². The summed E-state index contributed by atoms with van der Waals surface area (Å²) in [6.07, 6.45) is 6.14. The molecule has 66 valence electrons. The second-order valence-electron chi connectivity index (χ2n) is 3.05. The van der Waals surface area contributed by atoms with Gasteiger partial charge in [0.15, 0.2) is 0 Å². The number of carbonyl (C=O) groups is 1. The fourth-order valence-corrected chi connectivity index (χ4v) is 1.08. The third kappa shape index (κ3) is 3.13. The van der Waals surface area contributed by atoms with E-state index in [4.69, 9.17) is 6.42 Å². The van der Waals surface area contributed by atoms with Crippen LogP contribution in [0.1, 0.15) is 17.5 Å². The quantitative estimate of drug-likeness (QED) is 0.504. The van der Waals surface area contributed by atoms with Gasteiger partial charge in [-0.1, -0.05) is 29.8 Å². The van der Waals surface area contributed by atoms with Crippen LogP contribution < -0.4 is 0 Å². The van der Waals surface area contributed by atoms with Gasteiger partial charge in [0.05, 0.1) is 0 Å². The van der Waals surface area contributed by atoms with Crippen LogP contribution in [0.3, 0.4) is 0 Å². The van der Waals surface area contributed by atoms with Crippen molar-refractivity contribution in [2.45, 2.75) is 19.8 Å². The predicted molar refractivity (Wildman–Crippen MR) is 53.3 cm³/mol. The molecule has 1 heteroatoms. The van der Waals surface area contributed by atoms with E-state index in [2.05, 4.69) is 5.92 Å². The van der Waals surface area contributed by atoms with E-state index in [0.29, 0.717) is 6.42 Å². The van der Waals surface area contributed by atoms with Gasteiger partial charge in [-0.05, 0) is 24.8 Å². The zero-order valence-electron chi connectivity index (χ0n) is 7.71. The van der Waals surface area contributed by atoms with E-state index < -0.39 is 0 Å². The zero-order chi connectivity index (χ0) is 9.68. The third-order valence-corrected chi connectivity index (χ3v) is 1.92. The average Bonchev–Trinajstić information content (AvgIpc) is 2.16. The molecule has 1 aromatic carbocycles. The molecule has 0 heterocycles. The Bertz CT molecular complexity index is 327. The number of Topliss-reactive ketones (excluding diaryl/α,β-unsaturated/α-hetero) is 1. The Hall–Kier alpha value is -1.55. The first kappa shape index (κ1) is 9.54. The molecule has 0 amide bonds. The largest absolute Gasteiger partial charge is 0.285 e. The SMILES string of the molecule is C#CC(=O)CCc1ccc(C)cc1. The summed E-state index contributed by atoms with van der Waals surface area (Å²) >= 11 is 0. The van der Waals surface area contributed by atoms with E-state index in [-0.39, 0.29) is 5.78 Å². The van der Waals surface area contributed by atoms with Crippen LogP contribution in [-0.4, -0.2) is 5.78 Å². The van der Waals surface area contributed by atoms with Crippen LogP contribution >= 0.6 is 0 Å². The highest BCUT2D eigenvalue weighted by molar-refractivity contribution is 5.94. The lowest BCUT2D eigenvalue weighted by atomic mass is 10.1. The van der Waals surface area contributed by atoms with E-state index in [1.807, 2.05) is 31.2 Å². The molecule has 0 aliphatic carbocycles. The molecule has 1 nitrogen and oxygen atoms in total. The van der Waals surface area contributed by atoms with Crippen molar-refractivity contribution >= 4 is 5.78 Å². The lowest BCUT2D eigenvalue weighted by Gasteiger charge is -1.98. The molecule has 0 aliphatic rings. The highest BCUT2D eigenvalue weighted by Crippen LogP contribution is 2.05. The Morgan fingerprint density at radius 2 is 2.00 bits per heavy atom. The summed E-state index contributed by atoms with van der Waals surface area (Å²) in [4.78, 5) is 10.8. The van der Waals surface area contributed by atoms with Gasteiger partial charge in [0.25, 0.3) is 0 Å². The first-order valence-corrected chi connectivity index (χ1v) is 4.27. The Morgan fingerprint density at radius 1 is 1.38 bits per heavy atom. The smallest absolute Gasteiger partial charge is 0.205 e. The molecule has 0 unspecified atom stereocenters. The van der Waals surface area contributed by atoms with Crippen molar-refractivity contribution < 1.29 is 4.79 Å². The summed E-state index contributed by atoms with van der Waals surface area (Å²) in [5.41, 5.74) is 2.39. The minimum atomic E-state index is -0.124. The van der Waals surface area contributed by atoms with E-state index in [9.17, 15) is 4.79 Å². The molecule has 0 radical (unpaired) electrons. The van der Waals surface area contributed by atoms with Crippen LogP contribution in [0.2, 0.25) is 0 Å². The predicted octanol–water partition coefficient (Wildman–Crippen LogP) is 2.13. The number of terminal acetylenes is 1. The minimum absolute atomic E-state index is 0.124. The second-order valence-corrected chi connectivity index (χ2v) is 3.05. The normalized spacial score (nSPS) is 9.23. The molecular formula is C12H12O. The number of hydrogen-bond donors (Lipinski definition) is 0. The molecule has 0 saturated carbocycles. The van der Waals surface area contributed by atoms with Gasteiger partial charge in [-0.3, -0.25) is 4.79 Å². The van der Waals surface area contributed by atoms with Crippen LogP contribution in [0, 0.1) is 19.3 Å². The van der Waals surface area contributed by atoms with E-state index in [1.54, 1.807) is 0 Å². The van der Waals surface area contributed by atoms with Crippen molar-refractivity contribution in [2.24, 2.45) is 0 Å². The number of benzene rings is 1. The maximum Gasteiger partial charge on any atom is 0.205 e. The minimum Gasteiger partial charge on any atom is -0.285 e. The molecule has 1 aromatic rings. The van der Waals surface area contributed by atoms with Crippen LogP contribution in [0.15, 0.2) is 24.3 Å². The lowest BCUT2D eigenvalue weighted by molar-refractivity contribution is -0.113. The highest BCUT2D eigenvalue weighted by Gasteiger charge is 1.97. The first-order valence-electron chi connectivity index (χ1n) is 4.27. The lowest BCUT2D eigenvalue weighted by Crippen LogP contribution is -1.95. The van der Waals surface area contributed by atoms with Gasteiger partial charge in [-0.15, -0.1) is 6.42 Å². The molecule has 0 aromatic heterocycles. The van der Waals surface area contributed by atoms with Gasteiger partial charge >= 0.3 is 0 Å². The molecule has 0 saturated heterocycles. The Balaban J connectivity index is 2.52. The van der Waals surface area contributed by atoms with Gasteiger partial charge in [0.2, 0.25) is 5.78 Å². The van der Waals surface area contributed by atoms with Crippen molar-refractivity contribution in [3.8, 4) is 12.3 Å². The summed E-state index contributed by atoms with van der Waals surface area (Å²) in [5.74, 6) is 1.98. The van der Waals surface area contributed by atoms with Crippen LogP contribution in [0.4, 0.5) is 0 Å². The molecule has 0 atom stereocenters. The Kier molecular flexibility index (Phi) is 3.28. The maximum absolute atomic E-state index is 10.8. The maximum atomic E-state index is 10.8. The van der Waals surface area contributed by atoms with E-state index in [1.165, 1.54) is 5.56 Å². The van der Waals surface area contributed by atoms with Gasteiger partial charge in [-0.25, -0.2) is 0 Å². The van der Waals surface area contributed by atoms with Crippen LogP contribution in [-0.2, 0) is 11.2 Å². The molecule has 0 N–H and O–H groups in total. The van der Waals surface area contributed by atoms with Crippen LogP contribution in [0.25, 0.3) is 0 Å².